The van der Waals surface area contributed by atoms with Gasteiger partial charge in [0.1, 0.15) is 6.04 Å². The van der Waals surface area contributed by atoms with Gasteiger partial charge in [0.15, 0.2) is 0 Å². The first-order valence-corrected chi connectivity index (χ1v) is 6.83. The molecule has 2 rings (SSSR count). The fourth-order valence-electron chi connectivity index (χ4n) is 2.37. The predicted molar refractivity (Wildman–Crippen MR) is 77.4 cm³/mol. The predicted octanol–water partition coefficient (Wildman–Crippen LogP) is 3.65. The van der Waals surface area contributed by atoms with E-state index in [1.54, 1.807) is 0 Å². The normalized spacial score (nSPS) is 19.8. The number of carbonyl (C=O) groups is 1. The number of benzene rings is 1. The SMILES string of the molecule is COC(=O)C(Nc1cccc(Cl)c1)C1CC=CCC1. The van der Waals surface area contributed by atoms with Crippen LogP contribution in [0, 0.1) is 5.92 Å². The summed E-state index contributed by atoms with van der Waals surface area (Å²) in [4.78, 5) is 12.0. The van der Waals surface area contributed by atoms with Crippen LogP contribution >= 0.6 is 11.6 Å². The smallest absolute Gasteiger partial charge is 0.328 e. The minimum atomic E-state index is -0.326. The Morgan fingerprint density at radius 3 is 2.95 bits per heavy atom. The van der Waals surface area contributed by atoms with Crippen molar-refractivity contribution in [3.05, 3.63) is 41.4 Å². The van der Waals surface area contributed by atoms with Gasteiger partial charge in [-0.25, -0.2) is 4.79 Å². The topological polar surface area (TPSA) is 38.3 Å². The van der Waals surface area contributed by atoms with Crippen LogP contribution in [0.3, 0.4) is 0 Å². The van der Waals surface area contributed by atoms with Crippen molar-refractivity contribution < 1.29 is 9.53 Å². The van der Waals surface area contributed by atoms with Crippen molar-refractivity contribution in [3.63, 3.8) is 0 Å². The Labute approximate surface area is 118 Å². The van der Waals surface area contributed by atoms with Gasteiger partial charge < -0.3 is 10.1 Å². The molecule has 1 aromatic carbocycles. The van der Waals surface area contributed by atoms with E-state index < -0.39 is 0 Å². The van der Waals surface area contributed by atoms with Gasteiger partial charge in [-0.15, -0.1) is 0 Å². The number of hydrogen-bond acceptors (Lipinski definition) is 3. The molecule has 0 fully saturated rings. The molecule has 1 aromatic rings. The first kappa shape index (κ1) is 13.9. The lowest BCUT2D eigenvalue weighted by molar-refractivity contribution is -0.142. The van der Waals surface area contributed by atoms with E-state index in [-0.39, 0.29) is 17.9 Å². The highest BCUT2D eigenvalue weighted by molar-refractivity contribution is 6.30. The van der Waals surface area contributed by atoms with E-state index in [2.05, 4.69) is 17.5 Å². The Morgan fingerprint density at radius 2 is 2.32 bits per heavy atom. The van der Waals surface area contributed by atoms with Crippen molar-refractivity contribution in [2.45, 2.75) is 25.3 Å². The number of nitrogens with one attached hydrogen (secondary N) is 1. The molecule has 2 atom stereocenters. The van der Waals surface area contributed by atoms with Crippen molar-refractivity contribution in [2.24, 2.45) is 5.92 Å². The molecular weight excluding hydrogens is 262 g/mol. The molecule has 1 aliphatic rings. The fraction of sp³-hybridized carbons (Fsp3) is 0.400. The van der Waals surface area contributed by atoms with E-state index in [0.717, 1.165) is 24.9 Å². The van der Waals surface area contributed by atoms with Gasteiger partial charge in [0.05, 0.1) is 7.11 Å². The lowest BCUT2D eigenvalue weighted by Crippen LogP contribution is -2.38. The second kappa shape index (κ2) is 6.62. The molecule has 0 aromatic heterocycles. The maximum absolute atomic E-state index is 12.0. The molecule has 1 N–H and O–H groups in total. The molecule has 4 heteroatoms. The Balaban J connectivity index is 2.13. The fourth-order valence-corrected chi connectivity index (χ4v) is 2.56. The van der Waals surface area contributed by atoms with E-state index in [0.29, 0.717) is 5.02 Å². The third kappa shape index (κ3) is 3.74. The Hall–Kier alpha value is -1.48. The quantitative estimate of drug-likeness (QED) is 0.675. The molecule has 0 bridgehead atoms. The van der Waals surface area contributed by atoms with Gasteiger partial charge in [-0.2, -0.15) is 0 Å². The molecule has 0 heterocycles. The second-order valence-electron chi connectivity index (χ2n) is 4.70. The van der Waals surface area contributed by atoms with E-state index >= 15 is 0 Å². The zero-order valence-corrected chi connectivity index (χ0v) is 11.7. The van der Waals surface area contributed by atoms with Crippen molar-refractivity contribution in [1.29, 1.82) is 0 Å². The second-order valence-corrected chi connectivity index (χ2v) is 5.14. The van der Waals surface area contributed by atoms with Gasteiger partial charge in [-0.05, 0) is 43.4 Å². The summed E-state index contributed by atoms with van der Waals surface area (Å²) in [6.45, 7) is 0. The van der Waals surface area contributed by atoms with Gasteiger partial charge >= 0.3 is 5.97 Å². The van der Waals surface area contributed by atoms with Gasteiger partial charge in [-0.1, -0.05) is 29.8 Å². The average Bonchev–Trinajstić information content (AvgIpc) is 2.45. The third-order valence-corrected chi connectivity index (χ3v) is 3.62. The third-order valence-electron chi connectivity index (χ3n) is 3.38. The van der Waals surface area contributed by atoms with Gasteiger partial charge in [0, 0.05) is 10.7 Å². The Morgan fingerprint density at radius 1 is 1.47 bits per heavy atom. The van der Waals surface area contributed by atoms with Crippen molar-refractivity contribution in [3.8, 4) is 0 Å². The number of hydrogen-bond donors (Lipinski definition) is 1. The van der Waals surface area contributed by atoms with Crippen LogP contribution in [0.15, 0.2) is 36.4 Å². The summed E-state index contributed by atoms with van der Waals surface area (Å²) in [5.74, 6) is 0.0386. The van der Waals surface area contributed by atoms with Crippen LogP contribution in [-0.2, 0) is 9.53 Å². The number of carbonyl (C=O) groups excluding carboxylic acids is 1. The lowest BCUT2D eigenvalue weighted by Gasteiger charge is -2.27. The largest absolute Gasteiger partial charge is 0.467 e. The van der Waals surface area contributed by atoms with Crippen LogP contribution in [0.25, 0.3) is 0 Å². The molecule has 0 amide bonds. The number of esters is 1. The summed E-state index contributed by atoms with van der Waals surface area (Å²) >= 11 is 5.96. The number of ether oxygens (including phenoxy) is 1. The van der Waals surface area contributed by atoms with Crippen molar-refractivity contribution in [1.82, 2.24) is 0 Å². The van der Waals surface area contributed by atoms with Crippen LogP contribution in [0.2, 0.25) is 5.02 Å². The summed E-state index contributed by atoms with van der Waals surface area (Å²) in [5.41, 5.74) is 0.845. The molecule has 102 valence electrons. The van der Waals surface area contributed by atoms with E-state index in [1.165, 1.54) is 7.11 Å². The monoisotopic (exact) mass is 279 g/mol. The molecule has 0 saturated carbocycles. The average molecular weight is 280 g/mol. The van der Waals surface area contributed by atoms with Gasteiger partial charge in [0.2, 0.25) is 0 Å². The van der Waals surface area contributed by atoms with Crippen molar-refractivity contribution >= 4 is 23.3 Å². The van der Waals surface area contributed by atoms with Crippen LogP contribution in [0.1, 0.15) is 19.3 Å². The maximum Gasteiger partial charge on any atom is 0.328 e. The number of anilines is 1. The Kier molecular flexibility index (Phi) is 4.86. The highest BCUT2D eigenvalue weighted by atomic mass is 35.5. The van der Waals surface area contributed by atoms with Crippen LogP contribution in [0.4, 0.5) is 5.69 Å². The molecule has 0 aliphatic heterocycles. The zero-order valence-electron chi connectivity index (χ0n) is 10.9. The lowest BCUT2D eigenvalue weighted by atomic mass is 9.87. The summed E-state index contributed by atoms with van der Waals surface area (Å²) < 4.78 is 4.91. The summed E-state index contributed by atoms with van der Waals surface area (Å²) in [5, 5.41) is 3.90. The Bertz CT molecular complexity index is 473. The molecule has 0 radical (unpaired) electrons. The molecule has 19 heavy (non-hydrogen) atoms. The number of rotatable bonds is 4. The molecule has 3 nitrogen and oxygen atoms in total. The van der Waals surface area contributed by atoms with Crippen LogP contribution in [-0.4, -0.2) is 19.1 Å². The standard InChI is InChI=1S/C15H18ClNO2/c1-19-15(18)14(11-6-3-2-4-7-11)17-13-9-5-8-12(16)10-13/h2-3,5,8-11,14,17H,4,6-7H2,1H3. The summed E-state index contributed by atoms with van der Waals surface area (Å²) in [6, 6.07) is 7.06. The van der Waals surface area contributed by atoms with Gasteiger partial charge in [-0.3, -0.25) is 0 Å². The van der Waals surface area contributed by atoms with Crippen LogP contribution < -0.4 is 5.32 Å². The molecule has 2 unspecified atom stereocenters. The minimum absolute atomic E-state index is 0.222. The highest BCUT2D eigenvalue weighted by Crippen LogP contribution is 2.26. The maximum atomic E-state index is 12.0. The molecule has 0 saturated heterocycles. The summed E-state index contributed by atoms with van der Waals surface area (Å²) in [6.07, 6.45) is 7.18. The summed E-state index contributed by atoms with van der Waals surface area (Å²) in [7, 11) is 1.42. The first-order chi connectivity index (χ1) is 9.20. The van der Waals surface area contributed by atoms with E-state index in [4.69, 9.17) is 16.3 Å². The molecular formula is C15H18ClNO2. The number of allylic oxidation sites excluding steroid dienone is 2. The van der Waals surface area contributed by atoms with E-state index in [9.17, 15) is 4.79 Å². The highest BCUT2D eigenvalue weighted by Gasteiger charge is 2.29. The minimum Gasteiger partial charge on any atom is -0.467 e. The zero-order chi connectivity index (χ0) is 13.7. The van der Waals surface area contributed by atoms with E-state index in [1.807, 2.05) is 24.3 Å². The number of halogens is 1. The molecule has 0 spiro atoms. The first-order valence-electron chi connectivity index (χ1n) is 6.45. The number of methoxy groups -OCH3 is 1. The van der Waals surface area contributed by atoms with Crippen LogP contribution in [0.5, 0.6) is 0 Å². The van der Waals surface area contributed by atoms with Gasteiger partial charge in [0.25, 0.3) is 0 Å². The molecule has 1 aliphatic carbocycles. The van der Waals surface area contributed by atoms with Crippen molar-refractivity contribution in [2.75, 3.05) is 12.4 Å².